The van der Waals surface area contributed by atoms with Crippen molar-refractivity contribution in [2.45, 2.75) is 49.3 Å². The van der Waals surface area contributed by atoms with Gasteiger partial charge in [-0.15, -0.1) is 0 Å². The molecular formula is C14H19NO2S. The molecule has 1 N–H and O–H groups in total. The van der Waals surface area contributed by atoms with Gasteiger partial charge in [-0.1, -0.05) is 13.0 Å². The highest BCUT2D eigenvalue weighted by Gasteiger charge is 2.42. The lowest BCUT2D eigenvalue weighted by molar-refractivity contribution is 0.529. The molecule has 0 bridgehead atoms. The highest BCUT2D eigenvalue weighted by atomic mass is 32.2. The van der Waals surface area contributed by atoms with Crippen molar-refractivity contribution in [3.63, 3.8) is 0 Å². The van der Waals surface area contributed by atoms with Crippen LogP contribution in [0.15, 0.2) is 17.0 Å². The molecule has 2 unspecified atom stereocenters. The number of benzene rings is 1. The molecule has 18 heavy (non-hydrogen) atoms. The largest absolute Gasteiger partial charge is 0.309 e. The normalized spacial score (nSPS) is 28.1. The Morgan fingerprint density at radius 1 is 1.28 bits per heavy atom. The van der Waals surface area contributed by atoms with Crippen molar-refractivity contribution >= 4 is 9.84 Å². The first kappa shape index (κ1) is 12.2. The highest BCUT2D eigenvalue weighted by Crippen LogP contribution is 2.41. The first-order chi connectivity index (χ1) is 8.55. The van der Waals surface area contributed by atoms with E-state index in [-0.39, 0.29) is 11.3 Å². The molecule has 1 aromatic rings. The third-order valence-corrected chi connectivity index (χ3v) is 6.47. The zero-order chi connectivity index (χ0) is 12.9. The van der Waals surface area contributed by atoms with Gasteiger partial charge in [0.2, 0.25) is 0 Å². The molecule has 98 valence electrons. The van der Waals surface area contributed by atoms with Gasteiger partial charge in [-0.25, -0.2) is 8.42 Å². The van der Waals surface area contributed by atoms with Crippen molar-refractivity contribution in [2.24, 2.45) is 0 Å². The van der Waals surface area contributed by atoms with Gasteiger partial charge in [0, 0.05) is 0 Å². The van der Waals surface area contributed by atoms with E-state index in [1.807, 2.05) is 19.9 Å². The predicted octanol–water partition coefficient (Wildman–Crippen LogP) is 2.00. The summed E-state index contributed by atoms with van der Waals surface area (Å²) < 4.78 is 24.9. The van der Waals surface area contributed by atoms with Gasteiger partial charge in [-0.3, -0.25) is 0 Å². The Bertz CT molecular complexity index is 592. The zero-order valence-corrected chi connectivity index (χ0v) is 11.7. The van der Waals surface area contributed by atoms with Gasteiger partial charge in [0.05, 0.1) is 16.2 Å². The van der Waals surface area contributed by atoms with Crippen molar-refractivity contribution in [2.75, 3.05) is 6.54 Å². The Kier molecular flexibility index (Phi) is 2.75. The van der Waals surface area contributed by atoms with Gasteiger partial charge in [-0.2, -0.15) is 0 Å². The Morgan fingerprint density at radius 3 is 2.61 bits per heavy atom. The lowest BCUT2D eigenvalue weighted by Gasteiger charge is -2.16. The Morgan fingerprint density at radius 2 is 1.94 bits per heavy atom. The van der Waals surface area contributed by atoms with Crippen molar-refractivity contribution in [3.8, 4) is 0 Å². The molecule has 1 heterocycles. The second kappa shape index (κ2) is 4.07. The Labute approximate surface area is 109 Å². The molecule has 0 spiro atoms. The number of nitrogens with one attached hydrogen (secondary N) is 1. The highest BCUT2D eigenvalue weighted by molar-refractivity contribution is 7.92. The van der Waals surface area contributed by atoms with E-state index in [0.717, 1.165) is 31.4 Å². The van der Waals surface area contributed by atoms with E-state index in [9.17, 15) is 8.42 Å². The predicted molar refractivity (Wildman–Crippen MR) is 71.5 cm³/mol. The van der Waals surface area contributed by atoms with Crippen LogP contribution in [0.2, 0.25) is 0 Å². The van der Waals surface area contributed by atoms with Crippen LogP contribution in [0.4, 0.5) is 0 Å². The summed E-state index contributed by atoms with van der Waals surface area (Å²) in [6.07, 6.45) is 3.27. The molecule has 0 fully saturated rings. The van der Waals surface area contributed by atoms with Crippen LogP contribution >= 0.6 is 0 Å². The summed E-state index contributed by atoms with van der Waals surface area (Å²) in [5, 5.41) is 2.97. The molecule has 1 aromatic carbocycles. The average molecular weight is 265 g/mol. The first-order valence-corrected chi connectivity index (χ1v) is 8.23. The Balaban J connectivity index is 2.19. The molecule has 0 amide bonds. The fraction of sp³-hybridized carbons (Fsp3) is 0.571. The molecular weight excluding hydrogens is 246 g/mol. The smallest absolute Gasteiger partial charge is 0.183 e. The van der Waals surface area contributed by atoms with Gasteiger partial charge in [0.1, 0.15) is 0 Å². The fourth-order valence-corrected chi connectivity index (χ4v) is 5.06. The zero-order valence-electron chi connectivity index (χ0n) is 10.9. The summed E-state index contributed by atoms with van der Waals surface area (Å²) in [5.74, 6) is 0. The van der Waals surface area contributed by atoms with Crippen LogP contribution in [0.1, 0.15) is 43.0 Å². The second-order valence-corrected chi connectivity index (χ2v) is 7.57. The maximum absolute atomic E-state index is 12.4. The minimum Gasteiger partial charge on any atom is -0.309 e. The average Bonchev–Trinajstić information content (AvgIpc) is 2.86. The maximum atomic E-state index is 12.4. The molecule has 0 saturated carbocycles. The van der Waals surface area contributed by atoms with Crippen LogP contribution in [0.5, 0.6) is 0 Å². The molecule has 2 atom stereocenters. The SMILES string of the molecule is CCNC1c2cc3c(cc2S(=O)(=O)C1C)CCC3. The summed E-state index contributed by atoms with van der Waals surface area (Å²) in [5.41, 5.74) is 3.58. The van der Waals surface area contributed by atoms with Gasteiger partial charge in [0.15, 0.2) is 9.84 Å². The second-order valence-electron chi connectivity index (χ2n) is 5.30. The summed E-state index contributed by atoms with van der Waals surface area (Å²) >= 11 is 0. The lowest BCUT2D eigenvalue weighted by Crippen LogP contribution is -2.29. The number of sulfone groups is 1. The molecule has 1 aliphatic heterocycles. The third-order valence-electron chi connectivity index (χ3n) is 4.25. The number of rotatable bonds is 2. The maximum Gasteiger partial charge on any atom is 0.183 e. The molecule has 3 rings (SSSR count). The summed E-state index contributed by atoms with van der Waals surface area (Å²) in [6, 6.07) is 4.02. The van der Waals surface area contributed by atoms with Crippen LogP contribution in [0, 0.1) is 0 Å². The number of fused-ring (bicyclic) bond motifs is 2. The van der Waals surface area contributed by atoms with E-state index in [2.05, 4.69) is 11.4 Å². The number of aryl methyl sites for hydroxylation is 2. The number of hydrogen-bond donors (Lipinski definition) is 1. The molecule has 4 heteroatoms. The monoisotopic (exact) mass is 265 g/mol. The van der Waals surface area contributed by atoms with Crippen LogP contribution in [-0.4, -0.2) is 20.2 Å². The minimum absolute atomic E-state index is 0.0408. The van der Waals surface area contributed by atoms with E-state index >= 15 is 0 Å². The molecule has 0 saturated heterocycles. The van der Waals surface area contributed by atoms with Crippen LogP contribution in [0.3, 0.4) is 0 Å². The van der Waals surface area contributed by atoms with Gasteiger partial charge in [-0.05, 0) is 55.5 Å². The third kappa shape index (κ3) is 1.55. The molecule has 3 nitrogen and oxygen atoms in total. The van der Waals surface area contributed by atoms with Crippen molar-refractivity contribution in [3.05, 3.63) is 28.8 Å². The van der Waals surface area contributed by atoms with Crippen LogP contribution in [0.25, 0.3) is 0 Å². The fourth-order valence-electron chi connectivity index (χ4n) is 3.24. The Hall–Kier alpha value is -0.870. The summed E-state index contributed by atoms with van der Waals surface area (Å²) in [6.45, 7) is 4.62. The number of hydrogen-bond acceptors (Lipinski definition) is 3. The van der Waals surface area contributed by atoms with E-state index in [1.54, 1.807) is 0 Å². The van der Waals surface area contributed by atoms with Gasteiger partial charge in [0.25, 0.3) is 0 Å². The van der Waals surface area contributed by atoms with E-state index in [0.29, 0.717) is 4.90 Å². The quantitative estimate of drug-likeness (QED) is 0.889. The summed E-state index contributed by atoms with van der Waals surface area (Å²) in [7, 11) is -3.14. The van der Waals surface area contributed by atoms with Crippen LogP contribution < -0.4 is 5.32 Å². The van der Waals surface area contributed by atoms with Crippen molar-refractivity contribution in [1.82, 2.24) is 5.32 Å². The molecule has 1 aliphatic carbocycles. The molecule has 0 aromatic heterocycles. The van der Waals surface area contributed by atoms with E-state index in [4.69, 9.17) is 0 Å². The summed E-state index contributed by atoms with van der Waals surface area (Å²) in [4.78, 5) is 0.571. The standard InChI is InChI=1S/C14H19NO2S/c1-3-15-14-9(2)18(16,17)13-8-11-6-4-5-10(11)7-12(13)14/h7-9,14-15H,3-6H2,1-2H3. The van der Waals surface area contributed by atoms with Crippen molar-refractivity contribution < 1.29 is 8.42 Å². The molecule has 0 radical (unpaired) electrons. The topological polar surface area (TPSA) is 46.2 Å². The molecule has 2 aliphatic rings. The minimum atomic E-state index is -3.14. The van der Waals surface area contributed by atoms with Gasteiger partial charge >= 0.3 is 0 Å². The van der Waals surface area contributed by atoms with Crippen LogP contribution in [-0.2, 0) is 22.7 Å². The van der Waals surface area contributed by atoms with Crippen molar-refractivity contribution in [1.29, 1.82) is 0 Å². The lowest BCUT2D eigenvalue weighted by atomic mass is 9.99. The van der Waals surface area contributed by atoms with E-state index < -0.39 is 9.84 Å². The van der Waals surface area contributed by atoms with Gasteiger partial charge < -0.3 is 5.32 Å². The van der Waals surface area contributed by atoms with E-state index in [1.165, 1.54) is 11.1 Å². The first-order valence-electron chi connectivity index (χ1n) is 6.68.